The minimum Gasteiger partial charge on any atom is -0.490 e. The summed E-state index contributed by atoms with van der Waals surface area (Å²) in [6, 6.07) is 8.17. The third-order valence-electron chi connectivity index (χ3n) is 6.46. The number of aryl methyl sites for hydroxylation is 1. The van der Waals surface area contributed by atoms with E-state index in [0.717, 1.165) is 35.5 Å². The molecule has 30 heavy (non-hydrogen) atoms. The highest BCUT2D eigenvalue weighted by Crippen LogP contribution is 2.35. The van der Waals surface area contributed by atoms with Gasteiger partial charge in [0, 0.05) is 25.7 Å². The van der Waals surface area contributed by atoms with Gasteiger partial charge in [0.1, 0.15) is 23.7 Å². The zero-order chi connectivity index (χ0) is 21.1. The molecule has 0 aliphatic heterocycles. The number of nitrogens with zero attached hydrogens (tertiary/aromatic N) is 4. The van der Waals surface area contributed by atoms with Crippen LogP contribution in [0.5, 0.6) is 5.75 Å². The fourth-order valence-corrected chi connectivity index (χ4v) is 4.12. The summed E-state index contributed by atoms with van der Waals surface area (Å²) in [5, 5.41) is 8.43. The Labute approximate surface area is 178 Å². The predicted octanol–water partition coefficient (Wildman–Crippen LogP) is 4.56. The van der Waals surface area contributed by atoms with E-state index < -0.39 is 0 Å². The summed E-state index contributed by atoms with van der Waals surface area (Å²) < 4.78 is 13.4. The van der Waals surface area contributed by atoms with Crippen LogP contribution in [-0.4, -0.2) is 45.2 Å². The SMILES string of the molecule is C[C@H](C1CC1)N(C)C(=O)OCc1c(-c2ccc(OC3CCCCC3)cc2)nnn1C. The Kier molecular flexibility index (Phi) is 6.25. The Hall–Kier alpha value is -2.57. The molecule has 0 bridgehead atoms. The average Bonchev–Trinajstić information content (AvgIpc) is 3.55. The Morgan fingerprint density at radius 1 is 1.17 bits per heavy atom. The Morgan fingerprint density at radius 2 is 1.87 bits per heavy atom. The topological polar surface area (TPSA) is 69.5 Å². The van der Waals surface area contributed by atoms with Crippen molar-refractivity contribution in [2.45, 2.75) is 70.6 Å². The Morgan fingerprint density at radius 3 is 2.53 bits per heavy atom. The lowest BCUT2D eigenvalue weighted by Crippen LogP contribution is -2.36. The summed E-state index contributed by atoms with van der Waals surface area (Å²) >= 11 is 0. The van der Waals surface area contributed by atoms with Crippen LogP contribution in [0, 0.1) is 5.92 Å². The fourth-order valence-electron chi connectivity index (χ4n) is 4.12. The second-order valence-corrected chi connectivity index (χ2v) is 8.65. The minimum absolute atomic E-state index is 0.139. The molecule has 0 saturated heterocycles. The van der Waals surface area contributed by atoms with E-state index in [1.807, 2.05) is 31.3 Å². The van der Waals surface area contributed by atoms with E-state index in [1.165, 1.54) is 32.1 Å². The lowest BCUT2D eigenvalue weighted by Gasteiger charge is -2.24. The van der Waals surface area contributed by atoms with E-state index in [2.05, 4.69) is 17.2 Å². The molecule has 1 aromatic carbocycles. The van der Waals surface area contributed by atoms with Crippen LogP contribution in [0.1, 0.15) is 57.6 Å². The smallest absolute Gasteiger partial charge is 0.410 e. The standard InChI is InChI=1S/C23H32N4O3/c1-16(17-9-10-17)26(2)23(28)29-15-21-22(24-25-27(21)3)18-11-13-20(14-12-18)30-19-7-5-4-6-8-19/h11-14,16-17,19H,4-10,15H2,1-3H3/t16-/m1/s1. The number of hydrogen-bond acceptors (Lipinski definition) is 5. The molecule has 2 aliphatic carbocycles. The van der Waals surface area contributed by atoms with Crippen molar-refractivity contribution in [2.75, 3.05) is 7.05 Å². The number of ether oxygens (including phenoxy) is 2. The highest BCUT2D eigenvalue weighted by atomic mass is 16.6. The molecule has 2 aliphatic rings. The lowest BCUT2D eigenvalue weighted by molar-refractivity contribution is 0.0883. The molecule has 2 saturated carbocycles. The second-order valence-electron chi connectivity index (χ2n) is 8.65. The number of carbonyl (C=O) groups excluding carboxylic acids is 1. The molecule has 0 unspecified atom stereocenters. The largest absolute Gasteiger partial charge is 0.490 e. The fraction of sp³-hybridized carbons (Fsp3) is 0.609. The van der Waals surface area contributed by atoms with Crippen LogP contribution >= 0.6 is 0 Å². The molecular formula is C23H32N4O3. The number of aromatic nitrogens is 3. The van der Waals surface area contributed by atoms with Crippen LogP contribution in [0.25, 0.3) is 11.3 Å². The van der Waals surface area contributed by atoms with E-state index in [1.54, 1.807) is 16.6 Å². The van der Waals surface area contributed by atoms with Crippen molar-refractivity contribution in [1.82, 2.24) is 19.9 Å². The van der Waals surface area contributed by atoms with Gasteiger partial charge < -0.3 is 14.4 Å². The van der Waals surface area contributed by atoms with Gasteiger partial charge >= 0.3 is 6.09 Å². The number of benzene rings is 1. The number of amides is 1. The molecule has 0 spiro atoms. The van der Waals surface area contributed by atoms with Crippen LogP contribution in [0.4, 0.5) is 4.79 Å². The van der Waals surface area contributed by atoms with Gasteiger partial charge in [0.2, 0.25) is 0 Å². The van der Waals surface area contributed by atoms with Crippen molar-refractivity contribution >= 4 is 6.09 Å². The lowest BCUT2D eigenvalue weighted by atomic mass is 9.98. The zero-order valence-electron chi connectivity index (χ0n) is 18.2. The summed E-state index contributed by atoms with van der Waals surface area (Å²) in [6.45, 7) is 2.21. The van der Waals surface area contributed by atoms with Crippen LogP contribution in [-0.2, 0) is 18.4 Å². The van der Waals surface area contributed by atoms with Gasteiger partial charge in [0.15, 0.2) is 0 Å². The van der Waals surface area contributed by atoms with Crippen molar-refractivity contribution in [2.24, 2.45) is 13.0 Å². The van der Waals surface area contributed by atoms with Crippen molar-refractivity contribution in [3.63, 3.8) is 0 Å². The normalized spacial score (nSPS) is 18.1. The van der Waals surface area contributed by atoms with E-state index in [4.69, 9.17) is 9.47 Å². The zero-order valence-corrected chi connectivity index (χ0v) is 18.2. The van der Waals surface area contributed by atoms with Gasteiger partial charge in [-0.05, 0) is 75.6 Å². The molecule has 162 valence electrons. The van der Waals surface area contributed by atoms with Crippen molar-refractivity contribution in [3.05, 3.63) is 30.0 Å². The molecule has 4 rings (SSSR count). The van der Waals surface area contributed by atoms with E-state index >= 15 is 0 Å². The highest BCUT2D eigenvalue weighted by Gasteiger charge is 2.33. The summed E-state index contributed by atoms with van der Waals surface area (Å²) in [7, 11) is 3.62. The molecule has 1 amide bonds. The van der Waals surface area contributed by atoms with E-state index in [9.17, 15) is 4.79 Å². The van der Waals surface area contributed by atoms with Crippen molar-refractivity contribution < 1.29 is 14.3 Å². The summed E-state index contributed by atoms with van der Waals surface area (Å²) in [5.74, 6) is 1.49. The van der Waals surface area contributed by atoms with Gasteiger partial charge in [0.25, 0.3) is 0 Å². The second kappa shape index (κ2) is 9.06. The summed E-state index contributed by atoms with van der Waals surface area (Å²) in [6.07, 6.45) is 8.48. The summed E-state index contributed by atoms with van der Waals surface area (Å²) in [5.41, 5.74) is 2.44. The van der Waals surface area contributed by atoms with Crippen LogP contribution in [0.2, 0.25) is 0 Å². The predicted molar refractivity (Wildman–Crippen MR) is 114 cm³/mol. The molecular weight excluding hydrogens is 380 g/mol. The van der Waals surface area contributed by atoms with Gasteiger partial charge in [-0.3, -0.25) is 0 Å². The first-order chi connectivity index (χ1) is 14.5. The van der Waals surface area contributed by atoms with Gasteiger partial charge in [-0.15, -0.1) is 5.10 Å². The third-order valence-corrected chi connectivity index (χ3v) is 6.46. The number of rotatable bonds is 7. The van der Waals surface area contributed by atoms with Crippen LogP contribution in [0.15, 0.2) is 24.3 Å². The Bertz CT molecular complexity index is 854. The average molecular weight is 413 g/mol. The number of hydrogen-bond donors (Lipinski definition) is 0. The quantitative estimate of drug-likeness (QED) is 0.667. The maximum absolute atomic E-state index is 12.4. The Balaban J connectivity index is 1.39. The van der Waals surface area contributed by atoms with Gasteiger partial charge in [-0.2, -0.15) is 0 Å². The first kappa shape index (κ1) is 20.7. The monoisotopic (exact) mass is 412 g/mol. The molecule has 0 radical (unpaired) electrons. The number of carbonyl (C=O) groups is 1. The van der Waals surface area contributed by atoms with Gasteiger partial charge in [-0.25, -0.2) is 9.48 Å². The molecule has 7 nitrogen and oxygen atoms in total. The molecule has 2 aromatic rings. The van der Waals surface area contributed by atoms with Crippen LogP contribution in [0.3, 0.4) is 0 Å². The van der Waals surface area contributed by atoms with E-state index in [-0.39, 0.29) is 18.7 Å². The van der Waals surface area contributed by atoms with Gasteiger partial charge in [-0.1, -0.05) is 11.6 Å². The highest BCUT2D eigenvalue weighted by molar-refractivity contribution is 5.68. The molecule has 2 fully saturated rings. The minimum atomic E-state index is -0.308. The first-order valence-electron chi connectivity index (χ1n) is 11.1. The van der Waals surface area contributed by atoms with Crippen molar-refractivity contribution in [1.29, 1.82) is 0 Å². The van der Waals surface area contributed by atoms with E-state index in [0.29, 0.717) is 12.0 Å². The molecule has 1 aromatic heterocycles. The van der Waals surface area contributed by atoms with Crippen molar-refractivity contribution in [3.8, 4) is 17.0 Å². The maximum atomic E-state index is 12.4. The summed E-state index contributed by atoms with van der Waals surface area (Å²) in [4.78, 5) is 14.1. The molecule has 7 heteroatoms. The van der Waals surface area contributed by atoms with Crippen LogP contribution < -0.4 is 4.74 Å². The van der Waals surface area contributed by atoms with Gasteiger partial charge in [0.05, 0.1) is 6.10 Å². The maximum Gasteiger partial charge on any atom is 0.410 e. The molecule has 1 heterocycles. The third kappa shape index (κ3) is 4.77. The molecule has 1 atom stereocenters. The molecule has 0 N–H and O–H groups in total. The first-order valence-corrected chi connectivity index (χ1v) is 11.1.